The smallest absolute Gasteiger partial charge is 0.450 e. The Labute approximate surface area is 39.7 Å². The molecule has 42 valence electrons. The molecule has 4 heteroatoms. The topological polar surface area (TPSA) is 57.5 Å². The van der Waals surface area contributed by atoms with Gasteiger partial charge in [0.25, 0.3) is 0 Å². The van der Waals surface area contributed by atoms with Gasteiger partial charge >= 0.3 is 6.16 Å². The van der Waals surface area contributed by atoms with Crippen LogP contribution in [0.4, 0.5) is 9.18 Å². The van der Waals surface area contributed by atoms with Gasteiger partial charge in [-0.15, -0.1) is 0 Å². The summed E-state index contributed by atoms with van der Waals surface area (Å²) in [6.45, 7) is 2.69. The van der Waals surface area contributed by atoms with Crippen molar-refractivity contribution in [2.45, 2.75) is 0 Å². The number of rotatable bonds is 0. The predicted molar refractivity (Wildman–Crippen MR) is 22.0 cm³/mol. The molecule has 0 unspecified atom stereocenters. The third-order valence-electron chi connectivity index (χ3n) is 0. The second kappa shape index (κ2) is 8.87. The van der Waals surface area contributed by atoms with Crippen molar-refractivity contribution >= 4 is 6.16 Å². The lowest BCUT2D eigenvalue weighted by Crippen LogP contribution is -1.81. The van der Waals surface area contributed by atoms with Crippen LogP contribution >= 0.6 is 0 Å². The first-order valence-electron chi connectivity index (χ1n) is 1.28. The van der Waals surface area contributed by atoms with Gasteiger partial charge in [-0.1, -0.05) is 6.58 Å². The molecule has 0 saturated carbocycles. The minimum absolute atomic E-state index is 0.250. The molecule has 2 N–H and O–H groups in total. The Morgan fingerprint density at radius 3 is 1.71 bits per heavy atom. The molecule has 0 aliphatic carbocycles. The van der Waals surface area contributed by atoms with Crippen LogP contribution in [0.3, 0.4) is 0 Å². The standard InChI is InChI=1S/C2H3F.CH2O3/c1-2-3;2-1(3)4/h2H,1H2;(H2,2,3,4). The zero-order chi connectivity index (χ0) is 6.28. The minimum Gasteiger partial charge on any atom is -0.450 e. The van der Waals surface area contributed by atoms with Gasteiger partial charge in [-0.3, -0.25) is 0 Å². The molecular weight excluding hydrogens is 103 g/mol. The molecule has 0 heterocycles. The Kier molecular flexibility index (Phi) is 11.8. The normalized spacial score (nSPS) is 5.29. The molecule has 0 aliphatic heterocycles. The van der Waals surface area contributed by atoms with E-state index >= 15 is 0 Å². The van der Waals surface area contributed by atoms with Gasteiger partial charge in [-0.05, 0) is 0 Å². The second-order valence-electron chi connectivity index (χ2n) is 0.437. The van der Waals surface area contributed by atoms with Gasteiger partial charge in [-0.25, -0.2) is 9.18 Å². The molecule has 0 aromatic rings. The summed E-state index contributed by atoms with van der Waals surface area (Å²) < 4.78 is 10.1. The van der Waals surface area contributed by atoms with E-state index in [4.69, 9.17) is 15.0 Å². The first-order valence-corrected chi connectivity index (χ1v) is 1.28. The molecule has 0 radical (unpaired) electrons. The van der Waals surface area contributed by atoms with Crippen LogP contribution in [0.1, 0.15) is 0 Å². The van der Waals surface area contributed by atoms with Gasteiger partial charge in [0.2, 0.25) is 0 Å². The summed E-state index contributed by atoms with van der Waals surface area (Å²) >= 11 is 0. The molecule has 0 spiro atoms. The highest BCUT2D eigenvalue weighted by Crippen LogP contribution is 1.48. The van der Waals surface area contributed by atoms with Crippen molar-refractivity contribution in [2.24, 2.45) is 0 Å². The van der Waals surface area contributed by atoms with Gasteiger partial charge in [0, 0.05) is 0 Å². The van der Waals surface area contributed by atoms with Gasteiger partial charge in [-0.2, -0.15) is 0 Å². The van der Waals surface area contributed by atoms with Gasteiger partial charge in [0.1, 0.15) is 0 Å². The highest BCUT2D eigenvalue weighted by Gasteiger charge is 1.70. The molecular formula is C3H5FO3. The average molecular weight is 108 g/mol. The monoisotopic (exact) mass is 108 g/mol. The maximum atomic E-state index is 10.1. The lowest BCUT2D eigenvalue weighted by molar-refractivity contribution is 0.137. The van der Waals surface area contributed by atoms with E-state index in [9.17, 15) is 4.39 Å². The van der Waals surface area contributed by atoms with Crippen molar-refractivity contribution in [1.82, 2.24) is 0 Å². The van der Waals surface area contributed by atoms with E-state index in [1.165, 1.54) is 0 Å². The van der Waals surface area contributed by atoms with E-state index in [1.807, 2.05) is 0 Å². The van der Waals surface area contributed by atoms with Crippen LogP contribution in [-0.2, 0) is 0 Å². The van der Waals surface area contributed by atoms with Crippen LogP contribution in [0.2, 0.25) is 0 Å². The third kappa shape index (κ3) is 38.0. The Morgan fingerprint density at radius 2 is 1.71 bits per heavy atom. The van der Waals surface area contributed by atoms with Crippen molar-refractivity contribution < 1.29 is 19.4 Å². The highest BCUT2D eigenvalue weighted by atomic mass is 19.1. The maximum absolute atomic E-state index is 10.1. The molecule has 0 atom stereocenters. The fourth-order valence-electron chi connectivity index (χ4n) is 0. The van der Waals surface area contributed by atoms with E-state index in [1.54, 1.807) is 0 Å². The highest BCUT2D eigenvalue weighted by molar-refractivity contribution is 5.53. The molecule has 0 saturated heterocycles. The SMILES string of the molecule is C=CF.O=C(O)O. The number of carbonyl (C=O) groups is 1. The summed E-state index contributed by atoms with van der Waals surface area (Å²) in [5.41, 5.74) is 0. The van der Waals surface area contributed by atoms with E-state index in [-0.39, 0.29) is 6.33 Å². The Morgan fingerprint density at radius 1 is 1.71 bits per heavy atom. The third-order valence-corrected chi connectivity index (χ3v) is 0. The zero-order valence-electron chi connectivity index (χ0n) is 3.47. The minimum atomic E-state index is -1.83. The molecule has 0 fully saturated rings. The predicted octanol–water partition coefficient (Wildman–Crippen LogP) is 1.32. The summed E-state index contributed by atoms with van der Waals surface area (Å²) in [5.74, 6) is 0. The van der Waals surface area contributed by atoms with E-state index in [2.05, 4.69) is 6.58 Å². The van der Waals surface area contributed by atoms with Crippen LogP contribution in [0.15, 0.2) is 12.9 Å². The summed E-state index contributed by atoms with van der Waals surface area (Å²) in [6, 6.07) is 0. The molecule has 0 bridgehead atoms. The van der Waals surface area contributed by atoms with Crippen LogP contribution in [0.25, 0.3) is 0 Å². The Hall–Kier alpha value is -1.06. The molecule has 0 aromatic carbocycles. The van der Waals surface area contributed by atoms with Crippen LogP contribution in [0.5, 0.6) is 0 Å². The number of hydrogen-bond donors (Lipinski definition) is 2. The Balaban J connectivity index is 0. The summed E-state index contributed by atoms with van der Waals surface area (Å²) in [5, 5.41) is 13.9. The molecule has 0 aromatic heterocycles. The van der Waals surface area contributed by atoms with Gasteiger partial charge < -0.3 is 10.2 Å². The molecule has 0 rings (SSSR count). The van der Waals surface area contributed by atoms with Crippen molar-refractivity contribution in [2.75, 3.05) is 0 Å². The van der Waals surface area contributed by atoms with Crippen molar-refractivity contribution in [3.05, 3.63) is 12.9 Å². The fraction of sp³-hybridized carbons (Fsp3) is 0. The molecule has 3 nitrogen and oxygen atoms in total. The average Bonchev–Trinajstić information content (AvgIpc) is 1.33. The van der Waals surface area contributed by atoms with Gasteiger partial charge in [0.05, 0.1) is 6.33 Å². The molecule has 0 amide bonds. The second-order valence-corrected chi connectivity index (χ2v) is 0.437. The van der Waals surface area contributed by atoms with E-state index < -0.39 is 6.16 Å². The quantitative estimate of drug-likeness (QED) is 0.492. The first-order chi connectivity index (χ1) is 3.15. The Bertz CT molecular complexity index is 57.2. The van der Waals surface area contributed by atoms with Crippen molar-refractivity contribution in [3.8, 4) is 0 Å². The summed E-state index contributed by atoms with van der Waals surface area (Å²) in [4.78, 5) is 8.56. The molecule has 7 heavy (non-hydrogen) atoms. The van der Waals surface area contributed by atoms with E-state index in [0.29, 0.717) is 0 Å². The summed E-state index contributed by atoms with van der Waals surface area (Å²) in [6.07, 6.45) is -1.58. The maximum Gasteiger partial charge on any atom is 0.503 e. The van der Waals surface area contributed by atoms with Crippen LogP contribution in [-0.4, -0.2) is 16.4 Å². The fourth-order valence-corrected chi connectivity index (χ4v) is 0. The zero-order valence-corrected chi connectivity index (χ0v) is 3.47. The van der Waals surface area contributed by atoms with Crippen LogP contribution < -0.4 is 0 Å². The number of hydrogen-bond acceptors (Lipinski definition) is 1. The van der Waals surface area contributed by atoms with Crippen LogP contribution in [0, 0.1) is 0 Å². The molecule has 0 aliphatic rings. The number of carboxylic acid groups (broad SMARTS) is 2. The summed E-state index contributed by atoms with van der Waals surface area (Å²) in [7, 11) is 0. The van der Waals surface area contributed by atoms with Gasteiger partial charge in [0.15, 0.2) is 0 Å². The largest absolute Gasteiger partial charge is 0.503 e. The lowest BCUT2D eigenvalue weighted by Gasteiger charge is -1.60. The van der Waals surface area contributed by atoms with Crippen molar-refractivity contribution in [1.29, 1.82) is 0 Å². The number of halogens is 1. The van der Waals surface area contributed by atoms with Crippen molar-refractivity contribution in [3.63, 3.8) is 0 Å². The first kappa shape index (κ1) is 9.34. The van der Waals surface area contributed by atoms with E-state index in [0.717, 1.165) is 0 Å². The lowest BCUT2D eigenvalue weighted by atomic mass is 11.2.